The van der Waals surface area contributed by atoms with Gasteiger partial charge in [-0.25, -0.2) is 0 Å². The van der Waals surface area contributed by atoms with Crippen molar-refractivity contribution in [3.8, 4) is 0 Å². The van der Waals surface area contributed by atoms with Crippen molar-refractivity contribution in [3.05, 3.63) is 41.6 Å². The van der Waals surface area contributed by atoms with E-state index in [1.54, 1.807) is 0 Å². The molecule has 0 saturated heterocycles. The number of nitrogens with zero attached hydrogens (tertiary/aromatic N) is 1. The zero-order valence-electron chi connectivity index (χ0n) is 10.5. The van der Waals surface area contributed by atoms with E-state index < -0.39 is 0 Å². The molecule has 16 heavy (non-hydrogen) atoms. The van der Waals surface area contributed by atoms with Crippen LogP contribution in [0.2, 0.25) is 0 Å². The van der Waals surface area contributed by atoms with Gasteiger partial charge in [0.25, 0.3) is 0 Å². The fourth-order valence-corrected chi connectivity index (χ4v) is 1.83. The monoisotopic (exact) mass is 213 g/mol. The van der Waals surface area contributed by atoms with Gasteiger partial charge in [0.1, 0.15) is 0 Å². The Balaban J connectivity index is 2.56. The molecule has 1 heteroatoms. The van der Waals surface area contributed by atoms with Crippen LogP contribution >= 0.6 is 0 Å². The van der Waals surface area contributed by atoms with E-state index in [1.165, 1.54) is 16.6 Å². The van der Waals surface area contributed by atoms with E-state index in [2.05, 4.69) is 58.0 Å². The Morgan fingerprint density at radius 2 is 1.56 bits per heavy atom. The summed E-state index contributed by atoms with van der Waals surface area (Å²) < 4.78 is 0. The third-order valence-corrected chi connectivity index (χ3v) is 3.00. The molecule has 0 fully saturated rings. The van der Waals surface area contributed by atoms with Crippen molar-refractivity contribution in [1.82, 2.24) is 4.98 Å². The Bertz CT molecular complexity index is 455. The summed E-state index contributed by atoms with van der Waals surface area (Å²) in [7, 11) is 0. The summed E-state index contributed by atoms with van der Waals surface area (Å²) in [6, 6.07) is 10.9. The number of rotatable bonds is 2. The topological polar surface area (TPSA) is 12.9 Å². The maximum Gasteiger partial charge on any atom is 0.0708 e. The third kappa shape index (κ3) is 2.08. The molecule has 84 valence electrons. The molecule has 1 nitrogen and oxygen atoms in total. The summed E-state index contributed by atoms with van der Waals surface area (Å²) in [5, 5.41) is 1.23. The molecular formula is C15H19N. The van der Waals surface area contributed by atoms with Gasteiger partial charge in [-0.3, -0.25) is 4.98 Å². The Hall–Kier alpha value is -1.37. The molecule has 0 radical (unpaired) electrons. The van der Waals surface area contributed by atoms with Crippen LogP contribution < -0.4 is 0 Å². The maximum absolute atomic E-state index is 4.72. The summed E-state index contributed by atoms with van der Waals surface area (Å²) in [6.45, 7) is 8.79. The number of hydrogen-bond donors (Lipinski definition) is 0. The van der Waals surface area contributed by atoms with Crippen LogP contribution in [-0.4, -0.2) is 4.98 Å². The van der Waals surface area contributed by atoms with Crippen LogP contribution in [-0.2, 0) is 0 Å². The highest BCUT2D eigenvalue weighted by Crippen LogP contribution is 2.22. The Morgan fingerprint density at radius 1 is 0.875 bits per heavy atom. The van der Waals surface area contributed by atoms with E-state index in [-0.39, 0.29) is 0 Å². The van der Waals surface area contributed by atoms with Gasteiger partial charge in [0, 0.05) is 11.1 Å². The fourth-order valence-electron chi connectivity index (χ4n) is 1.83. The summed E-state index contributed by atoms with van der Waals surface area (Å²) in [5.41, 5.74) is 3.66. The van der Waals surface area contributed by atoms with Crippen LogP contribution in [0.4, 0.5) is 0 Å². The van der Waals surface area contributed by atoms with E-state index in [4.69, 9.17) is 4.98 Å². The van der Waals surface area contributed by atoms with Crippen molar-refractivity contribution in [2.75, 3.05) is 0 Å². The SMILES string of the molecule is CC(C)c1ccc2ccc(C(C)C)nc2c1. The zero-order chi connectivity index (χ0) is 11.7. The van der Waals surface area contributed by atoms with Crippen molar-refractivity contribution in [1.29, 1.82) is 0 Å². The molecule has 2 rings (SSSR count). The lowest BCUT2D eigenvalue weighted by Crippen LogP contribution is -1.94. The first-order chi connectivity index (χ1) is 7.58. The normalized spacial score (nSPS) is 11.6. The van der Waals surface area contributed by atoms with Gasteiger partial charge in [-0.2, -0.15) is 0 Å². The first-order valence-corrected chi connectivity index (χ1v) is 5.98. The lowest BCUT2D eigenvalue weighted by molar-refractivity contribution is 0.828. The van der Waals surface area contributed by atoms with Crippen molar-refractivity contribution >= 4 is 10.9 Å². The molecule has 0 atom stereocenters. The van der Waals surface area contributed by atoms with Crippen LogP contribution in [0, 0.1) is 0 Å². The van der Waals surface area contributed by atoms with Gasteiger partial charge in [-0.15, -0.1) is 0 Å². The van der Waals surface area contributed by atoms with E-state index in [0.29, 0.717) is 11.8 Å². The standard InChI is InChI=1S/C15H19N/c1-10(2)13-6-5-12-7-8-14(11(3)4)16-15(12)9-13/h5-11H,1-4H3. The predicted octanol–water partition coefficient (Wildman–Crippen LogP) is 4.48. The molecule has 1 aromatic heterocycles. The summed E-state index contributed by atoms with van der Waals surface area (Å²) in [5.74, 6) is 1.06. The Labute approximate surface area is 97.5 Å². The van der Waals surface area contributed by atoms with Crippen molar-refractivity contribution < 1.29 is 0 Å². The van der Waals surface area contributed by atoms with Gasteiger partial charge in [0.05, 0.1) is 5.52 Å². The quantitative estimate of drug-likeness (QED) is 0.716. The average molecular weight is 213 g/mol. The Morgan fingerprint density at radius 3 is 2.19 bits per heavy atom. The van der Waals surface area contributed by atoms with Crippen LogP contribution in [0.1, 0.15) is 50.8 Å². The first-order valence-electron chi connectivity index (χ1n) is 5.98. The molecule has 0 spiro atoms. The molecule has 0 aliphatic heterocycles. The summed E-state index contributed by atoms with van der Waals surface area (Å²) in [4.78, 5) is 4.72. The predicted molar refractivity (Wildman–Crippen MR) is 69.9 cm³/mol. The minimum absolute atomic E-state index is 0.493. The van der Waals surface area contributed by atoms with Crippen molar-refractivity contribution in [2.24, 2.45) is 0 Å². The second-order valence-electron chi connectivity index (χ2n) is 5.00. The first kappa shape index (κ1) is 11.1. The number of aromatic nitrogens is 1. The molecule has 0 unspecified atom stereocenters. The minimum Gasteiger partial charge on any atom is -0.253 e. The number of fused-ring (bicyclic) bond motifs is 1. The smallest absolute Gasteiger partial charge is 0.0708 e. The number of pyridine rings is 1. The summed E-state index contributed by atoms with van der Waals surface area (Å²) in [6.07, 6.45) is 0. The van der Waals surface area contributed by atoms with Gasteiger partial charge < -0.3 is 0 Å². The Kier molecular flexibility index (Phi) is 2.95. The second kappa shape index (κ2) is 4.25. The number of hydrogen-bond acceptors (Lipinski definition) is 1. The average Bonchev–Trinajstić information content (AvgIpc) is 2.27. The van der Waals surface area contributed by atoms with Crippen LogP contribution in [0.5, 0.6) is 0 Å². The third-order valence-electron chi connectivity index (χ3n) is 3.00. The number of benzene rings is 1. The van der Waals surface area contributed by atoms with Gasteiger partial charge in [-0.05, 0) is 29.5 Å². The molecule has 0 amide bonds. The molecule has 0 saturated carbocycles. The van der Waals surface area contributed by atoms with Crippen LogP contribution in [0.25, 0.3) is 10.9 Å². The lowest BCUT2D eigenvalue weighted by atomic mass is 10.0. The molecule has 2 aromatic rings. The van der Waals surface area contributed by atoms with Crippen LogP contribution in [0.15, 0.2) is 30.3 Å². The highest BCUT2D eigenvalue weighted by Gasteiger charge is 2.04. The lowest BCUT2D eigenvalue weighted by Gasteiger charge is -2.09. The summed E-state index contributed by atoms with van der Waals surface area (Å²) >= 11 is 0. The van der Waals surface area contributed by atoms with Gasteiger partial charge in [-0.1, -0.05) is 45.9 Å². The van der Waals surface area contributed by atoms with Gasteiger partial charge in [0.2, 0.25) is 0 Å². The fraction of sp³-hybridized carbons (Fsp3) is 0.400. The zero-order valence-corrected chi connectivity index (χ0v) is 10.5. The van der Waals surface area contributed by atoms with Crippen molar-refractivity contribution in [2.45, 2.75) is 39.5 Å². The van der Waals surface area contributed by atoms with Gasteiger partial charge in [0.15, 0.2) is 0 Å². The van der Waals surface area contributed by atoms with E-state index in [0.717, 1.165) is 5.52 Å². The largest absolute Gasteiger partial charge is 0.253 e. The molecule has 0 bridgehead atoms. The minimum atomic E-state index is 0.493. The molecule has 1 aromatic carbocycles. The van der Waals surface area contributed by atoms with E-state index in [1.807, 2.05) is 0 Å². The molecular weight excluding hydrogens is 194 g/mol. The molecule has 0 aliphatic rings. The molecule has 0 aliphatic carbocycles. The molecule has 0 N–H and O–H groups in total. The highest BCUT2D eigenvalue weighted by atomic mass is 14.7. The van der Waals surface area contributed by atoms with E-state index >= 15 is 0 Å². The molecule has 1 heterocycles. The highest BCUT2D eigenvalue weighted by molar-refractivity contribution is 5.79. The maximum atomic E-state index is 4.72. The van der Waals surface area contributed by atoms with Crippen LogP contribution in [0.3, 0.4) is 0 Å². The van der Waals surface area contributed by atoms with Crippen molar-refractivity contribution in [3.63, 3.8) is 0 Å². The van der Waals surface area contributed by atoms with E-state index in [9.17, 15) is 0 Å². The van der Waals surface area contributed by atoms with Gasteiger partial charge >= 0.3 is 0 Å². The second-order valence-corrected chi connectivity index (χ2v) is 5.00.